The number of carbonyl (C=O) groups is 3. The van der Waals surface area contributed by atoms with E-state index in [4.69, 9.17) is 19.9 Å². The van der Waals surface area contributed by atoms with Gasteiger partial charge in [0, 0.05) is 19.5 Å². The van der Waals surface area contributed by atoms with Crippen molar-refractivity contribution in [2.24, 2.45) is 11.7 Å². The third-order valence-corrected chi connectivity index (χ3v) is 7.42. The van der Waals surface area contributed by atoms with Gasteiger partial charge in [0.1, 0.15) is 6.04 Å². The number of hydrogen-bond acceptors (Lipinski definition) is 6. The lowest BCUT2D eigenvalue weighted by Crippen LogP contribution is -2.54. The SMILES string of the molecule is COc1cc([C@@H](C(=O)N2CCCC[C@H]2C(=O)NCCCC(N)=O)C2CCCCC2)cc(OC)c1OC. The highest BCUT2D eigenvalue weighted by Crippen LogP contribution is 2.45. The van der Waals surface area contributed by atoms with Crippen LogP contribution in [0.4, 0.5) is 0 Å². The number of carbonyl (C=O) groups excluding carboxylic acids is 3. The molecular formula is C27H41N3O6. The average Bonchev–Trinajstić information content (AvgIpc) is 2.90. The number of amides is 3. The Hall–Kier alpha value is -2.97. The van der Waals surface area contributed by atoms with E-state index in [1.165, 1.54) is 6.42 Å². The molecule has 200 valence electrons. The molecule has 1 saturated heterocycles. The largest absolute Gasteiger partial charge is 0.493 e. The van der Waals surface area contributed by atoms with E-state index in [2.05, 4.69) is 5.32 Å². The summed E-state index contributed by atoms with van der Waals surface area (Å²) in [5.74, 6) is 0.723. The summed E-state index contributed by atoms with van der Waals surface area (Å²) < 4.78 is 16.7. The van der Waals surface area contributed by atoms with Crippen LogP contribution in [0.15, 0.2) is 12.1 Å². The predicted octanol–water partition coefficient (Wildman–Crippen LogP) is 3.14. The molecule has 0 bridgehead atoms. The molecule has 3 rings (SSSR count). The molecule has 1 aliphatic carbocycles. The van der Waals surface area contributed by atoms with Gasteiger partial charge in [-0.25, -0.2) is 0 Å². The average molecular weight is 504 g/mol. The van der Waals surface area contributed by atoms with E-state index in [1.807, 2.05) is 12.1 Å². The second-order valence-corrected chi connectivity index (χ2v) is 9.74. The number of nitrogens with zero attached hydrogens (tertiary/aromatic N) is 1. The number of methoxy groups -OCH3 is 3. The van der Waals surface area contributed by atoms with E-state index in [0.717, 1.165) is 44.1 Å². The normalized spacial score (nSPS) is 19.3. The van der Waals surface area contributed by atoms with Crippen LogP contribution >= 0.6 is 0 Å². The first kappa shape index (κ1) is 27.6. The third-order valence-electron chi connectivity index (χ3n) is 7.42. The summed E-state index contributed by atoms with van der Waals surface area (Å²) in [5.41, 5.74) is 6.03. The van der Waals surface area contributed by atoms with Crippen LogP contribution in [-0.4, -0.2) is 63.1 Å². The standard InChI is InChI=1S/C27H41N3O6/c1-34-21-16-19(17-22(35-2)25(21)36-3)24(18-10-5-4-6-11-18)27(33)30-15-8-7-12-20(30)26(32)29-14-9-13-23(28)31/h16-18,20,24H,4-15H2,1-3H3,(H2,28,31)(H,29,32)/t20-,24-/m0/s1. The Kier molecular flexibility index (Phi) is 10.3. The molecule has 0 aromatic heterocycles. The Labute approximate surface area is 214 Å². The van der Waals surface area contributed by atoms with Crippen molar-refractivity contribution in [3.63, 3.8) is 0 Å². The lowest BCUT2D eigenvalue weighted by Gasteiger charge is -2.40. The predicted molar refractivity (Wildman–Crippen MR) is 136 cm³/mol. The van der Waals surface area contributed by atoms with Crippen molar-refractivity contribution in [2.45, 2.75) is 76.2 Å². The van der Waals surface area contributed by atoms with Crippen molar-refractivity contribution in [2.75, 3.05) is 34.4 Å². The van der Waals surface area contributed by atoms with Crippen molar-refractivity contribution in [3.05, 3.63) is 17.7 Å². The zero-order valence-electron chi connectivity index (χ0n) is 21.8. The highest BCUT2D eigenvalue weighted by Gasteiger charge is 2.40. The smallest absolute Gasteiger partial charge is 0.242 e. The van der Waals surface area contributed by atoms with Crippen molar-refractivity contribution < 1.29 is 28.6 Å². The van der Waals surface area contributed by atoms with Gasteiger partial charge in [0.15, 0.2) is 11.5 Å². The molecule has 2 aliphatic rings. The van der Waals surface area contributed by atoms with Gasteiger partial charge in [0.05, 0.1) is 27.2 Å². The summed E-state index contributed by atoms with van der Waals surface area (Å²) >= 11 is 0. The molecule has 2 fully saturated rings. The minimum Gasteiger partial charge on any atom is -0.493 e. The molecule has 3 N–H and O–H groups in total. The molecule has 9 nitrogen and oxygen atoms in total. The van der Waals surface area contributed by atoms with Crippen molar-refractivity contribution in [3.8, 4) is 17.2 Å². The van der Waals surface area contributed by atoms with E-state index in [9.17, 15) is 14.4 Å². The zero-order valence-corrected chi connectivity index (χ0v) is 21.8. The molecule has 3 amide bonds. The summed E-state index contributed by atoms with van der Waals surface area (Å²) in [6, 6.07) is 3.23. The van der Waals surface area contributed by atoms with Crippen molar-refractivity contribution in [1.82, 2.24) is 10.2 Å². The van der Waals surface area contributed by atoms with Crippen LogP contribution in [0.5, 0.6) is 17.2 Å². The lowest BCUT2D eigenvalue weighted by molar-refractivity contribution is -0.144. The Morgan fingerprint density at radius 1 is 0.972 bits per heavy atom. The van der Waals surface area contributed by atoms with E-state index >= 15 is 0 Å². The molecule has 0 spiro atoms. The van der Waals surface area contributed by atoms with E-state index in [0.29, 0.717) is 43.2 Å². The van der Waals surface area contributed by atoms with Crippen LogP contribution in [0.25, 0.3) is 0 Å². The van der Waals surface area contributed by atoms with Gasteiger partial charge >= 0.3 is 0 Å². The first-order chi connectivity index (χ1) is 17.4. The minimum absolute atomic E-state index is 0.0202. The Bertz CT molecular complexity index is 890. The van der Waals surface area contributed by atoms with Gasteiger partial charge in [0.25, 0.3) is 0 Å². The molecule has 1 aliphatic heterocycles. The number of nitrogens with two attached hydrogens (primary N) is 1. The fourth-order valence-electron chi connectivity index (χ4n) is 5.60. The number of primary amides is 1. The van der Waals surface area contributed by atoms with Gasteiger partial charge in [-0.2, -0.15) is 0 Å². The summed E-state index contributed by atoms with van der Waals surface area (Å²) in [4.78, 5) is 40.1. The monoisotopic (exact) mass is 503 g/mol. The Morgan fingerprint density at radius 3 is 2.19 bits per heavy atom. The molecule has 0 radical (unpaired) electrons. The highest BCUT2D eigenvalue weighted by molar-refractivity contribution is 5.91. The van der Waals surface area contributed by atoms with Gasteiger partial charge in [0.2, 0.25) is 23.5 Å². The van der Waals surface area contributed by atoms with Gasteiger partial charge in [-0.15, -0.1) is 0 Å². The molecule has 36 heavy (non-hydrogen) atoms. The van der Waals surface area contributed by atoms with Crippen LogP contribution < -0.4 is 25.3 Å². The van der Waals surface area contributed by atoms with Gasteiger partial charge in [-0.05, 0) is 62.1 Å². The summed E-state index contributed by atoms with van der Waals surface area (Å²) in [7, 11) is 4.70. The molecule has 2 atom stereocenters. The second kappa shape index (κ2) is 13.4. The summed E-state index contributed by atoms with van der Waals surface area (Å²) in [5, 5.41) is 2.91. The van der Waals surface area contributed by atoms with Crippen LogP contribution in [0.3, 0.4) is 0 Å². The minimum atomic E-state index is -0.520. The first-order valence-corrected chi connectivity index (χ1v) is 13.1. The number of hydrogen-bond donors (Lipinski definition) is 2. The molecule has 1 heterocycles. The topological polar surface area (TPSA) is 120 Å². The number of piperidine rings is 1. The van der Waals surface area contributed by atoms with E-state index in [-0.39, 0.29) is 30.1 Å². The molecular weight excluding hydrogens is 462 g/mol. The lowest BCUT2D eigenvalue weighted by atomic mass is 9.75. The first-order valence-electron chi connectivity index (χ1n) is 13.1. The maximum absolute atomic E-state index is 14.3. The molecule has 1 saturated carbocycles. The highest BCUT2D eigenvalue weighted by atomic mass is 16.5. The van der Waals surface area contributed by atoms with Gasteiger partial charge < -0.3 is 30.2 Å². The fourth-order valence-corrected chi connectivity index (χ4v) is 5.60. The molecule has 9 heteroatoms. The Morgan fingerprint density at radius 2 is 1.61 bits per heavy atom. The maximum atomic E-state index is 14.3. The van der Waals surface area contributed by atoms with Gasteiger partial charge in [-0.1, -0.05) is 19.3 Å². The molecule has 1 aromatic rings. The quantitative estimate of drug-likeness (QED) is 0.448. The van der Waals surface area contributed by atoms with Crippen molar-refractivity contribution in [1.29, 1.82) is 0 Å². The van der Waals surface area contributed by atoms with Gasteiger partial charge in [-0.3, -0.25) is 14.4 Å². The van der Waals surface area contributed by atoms with Crippen LogP contribution in [0, 0.1) is 5.92 Å². The van der Waals surface area contributed by atoms with E-state index in [1.54, 1.807) is 26.2 Å². The number of ether oxygens (including phenoxy) is 3. The maximum Gasteiger partial charge on any atom is 0.242 e. The van der Waals surface area contributed by atoms with E-state index < -0.39 is 12.0 Å². The fraction of sp³-hybridized carbons (Fsp3) is 0.667. The summed E-state index contributed by atoms with van der Waals surface area (Å²) in [6.45, 7) is 0.908. The van der Waals surface area contributed by atoms with Crippen molar-refractivity contribution >= 4 is 17.7 Å². The van der Waals surface area contributed by atoms with Crippen LogP contribution in [0.1, 0.15) is 75.7 Å². The summed E-state index contributed by atoms with van der Waals surface area (Å²) in [6.07, 6.45) is 8.36. The molecule has 1 aromatic carbocycles. The van der Waals surface area contributed by atoms with Crippen LogP contribution in [0.2, 0.25) is 0 Å². The zero-order chi connectivity index (χ0) is 26.1. The third kappa shape index (κ3) is 6.62. The number of likely N-dealkylation sites (tertiary alicyclic amines) is 1. The number of nitrogens with one attached hydrogen (secondary N) is 1. The Balaban J connectivity index is 1.91. The number of benzene rings is 1. The second-order valence-electron chi connectivity index (χ2n) is 9.74. The molecule has 0 unspecified atom stereocenters. The van der Waals surface area contributed by atoms with Crippen LogP contribution in [-0.2, 0) is 14.4 Å². The number of rotatable bonds is 11.